The molecule has 0 aliphatic heterocycles. The van der Waals surface area contributed by atoms with Crippen LogP contribution >= 0.6 is 27.5 Å². The van der Waals surface area contributed by atoms with E-state index in [-0.39, 0.29) is 12.1 Å². The molecule has 0 saturated carbocycles. The van der Waals surface area contributed by atoms with Crippen molar-refractivity contribution in [3.8, 4) is 0 Å². The lowest BCUT2D eigenvalue weighted by Gasteiger charge is -2.18. The molecular formula is C14H17BrClN3. The van der Waals surface area contributed by atoms with E-state index < -0.39 is 0 Å². The van der Waals surface area contributed by atoms with Crippen molar-refractivity contribution < 1.29 is 0 Å². The average molecular weight is 343 g/mol. The molecule has 2 aromatic rings. The van der Waals surface area contributed by atoms with Crippen LogP contribution in [0.25, 0.3) is 0 Å². The van der Waals surface area contributed by atoms with Gasteiger partial charge in [0.05, 0.1) is 23.0 Å². The molecule has 19 heavy (non-hydrogen) atoms. The van der Waals surface area contributed by atoms with Crippen LogP contribution in [0.3, 0.4) is 0 Å². The third kappa shape index (κ3) is 3.02. The molecule has 1 atom stereocenters. The van der Waals surface area contributed by atoms with E-state index in [0.29, 0.717) is 5.02 Å². The van der Waals surface area contributed by atoms with Crippen LogP contribution in [0.1, 0.15) is 42.8 Å². The van der Waals surface area contributed by atoms with Gasteiger partial charge in [0, 0.05) is 10.5 Å². The summed E-state index contributed by atoms with van der Waals surface area (Å²) in [6.07, 6.45) is 1.65. The van der Waals surface area contributed by atoms with Crippen molar-refractivity contribution in [1.82, 2.24) is 9.78 Å². The Labute approximate surface area is 126 Å². The quantitative estimate of drug-likeness (QED) is 0.907. The largest absolute Gasteiger partial charge is 0.319 e. The molecule has 0 spiro atoms. The Morgan fingerprint density at radius 2 is 2.00 bits per heavy atom. The Balaban J connectivity index is 2.49. The standard InChI is InChI=1S/C14H17BrClN3/c1-8(2)19-14(12(16)7-18-19)13(17)10-4-9(3)5-11(15)6-10/h4-8,13H,17H2,1-3H3. The predicted molar refractivity (Wildman–Crippen MR) is 82.5 cm³/mol. The minimum absolute atomic E-state index is 0.224. The van der Waals surface area contributed by atoms with E-state index in [9.17, 15) is 0 Å². The smallest absolute Gasteiger partial charge is 0.0837 e. The molecule has 1 aromatic carbocycles. The van der Waals surface area contributed by atoms with Gasteiger partial charge in [-0.15, -0.1) is 0 Å². The zero-order valence-corrected chi connectivity index (χ0v) is 13.5. The van der Waals surface area contributed by atoms with Crippen LogP contribution in [0, 0.1) is 6.92 Å². The molecule has 5 heteroatoms. The Bertz CT molecular complexity index is 572. The van der Waals surface area contributed by atoms with Gasteiger partial charge in [0.15, 0.2) is 0 Å². The fourth-order valence-corrected chi connectivity index (χ4v) is 3.03. The molecule has 102 valence electrons. The van der Waals surface area contributed by atoms with Gasteiger partial charge in [-0.05, 0) is 44.0 Å². The summed E-state index contributed by atoms with van der Waals surface area (Å²) in [5.41, 5.74) is 9.41. The second kappa shape index (κ2) is 5.65. The van der Waals surface area contributed by atoms with Crippen molar-refractivity contribution in [2.45, 2.75) is 32.9 Å². The molecule has 0 radical (unpaired) electrons. The molecular weight excluding hydrogens is 326 g/mol. The number of aryl methyl sites for hydroxylation is 1. The molecule has 1 heterocycles. The highest BCUT2D eigenvalue weighted by atomic mass is 79.9. The highest BCUT2D eigenvalue weighted by Gasteiger charge is 2.20. The monoisotopic (exact) mass is 341 g/mol. The number of nitrogens with zero attached hydrogens (tertiary/aromatic N) is 2. The lowest BCUT2D eigenvalue weighted by Crippen LogP contribution is -2.19. The van der Waals surface area contributed by atoms with Gasteiger partial charge < -0.3 is 5.73 Å². The summed E-state index contributed by atoms with van der Waals surface area (Å²) in [4.78, 5) is 0. The molecule has 0 amide bonds. The van der Waals surface area contributed by atoms with E-state index >= 15 is 0 Å². The molecule has 0 fully saturated rings. The topological polar surface area (TPSA) is 43.8 Å². The first-order valence-electron chi connectivity index (χ1n) is 6.15. The second-order valence-electron chi connectivity index (χ2n) is 4.96. The van der Waals surface area contributed by atoms with Crippen molar-refractivity contribution >= 4 is 27.5 Å². The summed E-state index contributed by atoms with van der Waals surface area (Å²) in [5.74, 6) is 0. The maximum Gasteiger partial charge on any atom is 0.0837 e. The van der Waals surface area contributed by atoms with Gasteiger partial charge in [-0.25, -0.2) is 0 Å². The van der Waals surface area contributed by atoms with E-state index in [2.05, 4.69) is 47.0 Å². The fourth-order valence-electron chi connectivity index (χ4n) is 2.16. The molecule has 0 aliphatic carbocycles. The first-order chi connectivity index (χ1) is 8.90. The predicted octanol–water partition coefficient (Wildman–Crippen LogP) is 4.24. The summed E-state index contributed by atoms with van der Waals surface area (Å²) >= 11 is 9.74. The molecule has 2 rings (SSSR count). The molecule has 2 N–H and O–H groups in total. The van der Waals surface area contributed by atoms with Gasteiger partial charge in [-0.1, -0.05) is 33.6 Å². The third-order valence-corrected chi connectivity index (χ3v) is 3.74. The second-order valence-corrected chi connectivity index (χ2v) is 6.28. The number of aromatic nitrogens is 2. The highest BCUT2D eigenvalue weighted by Crippen LogP contribution is 2.30. The zero-order valence-electron chi connectivity index (χ0n) is 11.2. The summed E-state index contributed by atoms with van der Waals surface area (Å²) in [6, 6.07) is 6.09. The number of hydrogen-bond acceptors (Lipinski definition) is 2. The van der Waals surface area contributed by atoms with E-state index in [1.807, 2.05) is 17.7 Å². The van der Waals surface area contributed by atoms with Gasteiger partial charge in [0.2, 0.25) is 0 Å². The summed E-state index contributed by atoms with van der Waals surface area (Å²) in [6.45, 7) is 6.17. The summed E-state index contributed by atoms with van der Waals surface area (Å²) in [5, 5.41) is 4.91. The van der Waals surface area contributed by atoms with E-state index in [4.69, 9.17) is 17.3 Å². The van der Waals surface area contributed by atoms with E-state index in [0.717, 1.165) is 21.3 Å². The maximum absolute atomic E-state index is 6.37. The van der Waals surface area contributed by atoms with E-state index in [1.165, 1.54) is 0 Å². The van der Waals surface area contributed by atoms with Crippen molar-refractivity contribution in [1.29, 1.82) is 0 Å². The number of hydrogen-bond donors (Lipinski definition) is 1. The van der Waals surface area contributed by atoms with Crippen molar-refractivity contribution in [2.75, 3.05) is 0 Å². The number of nitrogens with two attached hydrogens (primary N) is 1. The van der Waals surface area contributed by atoms with Crippen molar-refractivity contribution in [3.05, 3.63) is 50.7 Å². The lowest BCUT2D eigenvalue weighted by molar-refractivity contribution is 0.499. The number of benzene rings is 1. The van der Waals surface area contributed by atoms with Gasteiger partial charge in [-0.3, -0.25) is 4.68 Å². The molecule has 1 aromatic heterocycles. The lowest BCUT2D eigenvalue weighted by atomic mass is 10.0. The van der Waals surface area contributed by atoms with Crippen LogP contribution in [0.2, 0.25) is 5.02 Å². The maximum atomic E-state index is 6.37. The minimum Gasteiger partial charge on any atom is -0.319 e. The Morgan fingerprint density at radius 1 is 1.32 bits per heavy atom. The number of rotatable bonds is 3. The van der Waals surface area contributed by atoms with Crippen LogP contribution < -0.4 is 5.73 Å². The van der Waals surface area contributed by atoms with Gasteiger partial charge in [0.25, 0.3) is 0 Å². The van der Waals surface area contributed by atoms with E-state index in [1.54, 1.807) is 6.20 Å². The normalized spacial score (nSPS) is 13.0. The van der Waals surface area contributed by atoms with Gasteiger partial charge >= 0.3 is 0 Å². The van der Waals surface area contributed by atoms with Crippen molar-refractivity contribution in [3.63, 3.8) is 0 Å². The Hall–Kier alpha value is -0.840. The molecule has 0 aliphatic rings. The van der Waals surface area contributed by atoms with Gasteiger partial charge in [-0.2, -0.15) is 5.10 Å². The Kier molecular flexibility index (Phi) is 4.33. The molecule has 3 nitrogen and oxygen atoms in total. The Morgan fingerprint density at radius 3 is 2.58 bits per heavy atom. The summed E-state index contributed by atoms with van der Waals surface area (Å²) in [7, 11) is 0. The molecule has 0 bridgehead atoms. The van der Waals surface area contributed by atoms with Gasteiger partial charge in [0.1, 0.15) is 0 Å². The SMILES string of the molecule is Cc1cc(Br)cc(C(N)c2c(Cl)cnn2C(C)C)c1. The summed E-state index contributed by atoms with van der Waals surface area (Å²) < 4.78 is 2.90. The van der Waals surface area contributed by atoms with Crippen LogP contribution in [0.15, 0.2) is 28.9 Å². The van der Waals surface area contributed by atoms with Crippen LogP contribution in [-0.2, 0) is 0 Å². The van der Waals surface area contributed by atoms with Crippen LogP contribution in [-0.4, -0.2) is 9.78 Å². The average Bonchev–Trinajstić information content (AvgIpc) is 2.69. The molecule has 1 unspecified atom stereocenters. The first-order valence-corrected chi connectivity index (χ1v) is 7.33. The zero-order chi connectivity index (χ0) is 14.2. The third-order valence-electron chi connectivity index (χ3n) is 2.99. The van der Waals surface area contributed by atoms with Crippen molar-refractivity contribution in [2.24, 2.45) is 5.73 Å². The highest BCUT2D eigenvalue weighted by molar-refractivity contribution is 9.10. The molecule has 0 saturated heterocycles. The minimum atomic E-state index is -0.284. The first kappa shape index (κ1) is 14.6. The van der Waals surface area contributed by atoms with Crippen LogP contribution in [0.5, 0.6) is 0 Å². The van der Waals surface area contributed by atoms with Crippen LogP contribution in [0.4, 0.5) is 0 Å². The fraction of sp³-hybridized carbons (Fsp3) is 0.357. The number of halogens is 2.